The number of nitro groups is 1. The van der Waals surface area contributed by atoms with Crippen LogP contribution in [0.4, 0.5) is 15.8 Å². The molecule has 0 aliphatic heterocycles. The summed E-state index contributed by atoms with van der Waals surface area (Å²) in [5.74, 6) is -3.89. The van der Waals surface area contributed by atoms with E-state index in [0.29, 0.717) is 0 Å². The zero-order chi connectivity index (χ0) is 14.2. The van der Waals surface area contributed by atoms with Gasteiger partial charge in [0.05, 0.1) is 28.5 Å². The molecule has 2 rings (SSSR count). The SMILES string of the molecule is O=C(O)C1CC1C(=O)Nc1cc(F)cc([N+](=O)[O-])c1. The van der Waals surface area contributed by atoms with E-state index in [9.17, 15) is 24.1 Å². The number of aliphatic carboxylic acids is 1. The summed E-state index contributed by atoms with van der Waals surface area (Å²) in [6.07, 6.45) is 0.221. The van der Waals surface area contributed by atoms with Crippen molar-refractivity contribution in [2.24, 2.45) is 11.8 Å². The minimum atomic E-state index is -1.06. The molecule has 1 saturated carbocycles. The molecule has 1 aliphatic carbocycles. The number of carboxylic acids is 1. The Morgan fingerprint density at radius 2 is 2.05 bits per heavy atom. The first-order valence-electron chi connectivity index (χ1n) is 5.37. The number of nitrogens with zero attached hydrogens (tertiary/aromatic N) is 1. The number of carbonyl (C=O) groups excluding carboxylic acids is 1. The Labute approximate surface area is 106 Å². The van der Waals surface area contributed by atoms with Crippen LogP contribution in [0.2, 0.25) is 0 Å². The number of carboxylic acid groups (broad SMARTS) is 1. The summed E-state index contributed by atoms with van der Waals surface area (Å²) in [5.41, 5.74) is -0.548. The lowest BCUT2D eigenvalue weighted by Gasteiger charge is -2.04. The molecule has 1 fully saturated rings. The number of non-ortho nitro benzene ring substituents is 1. The van der Waals surface area contributed by atoms with E-state index in [-0.39, 0.29) is 12.1 Å². The Morgan fingerprint density at radius 1 is 1.37 bits per heavy atom. The fourth-order valence-corrected chi connectivity index (χ4v) is 1.74. The van der Waals surface area contributed by atoms with E-state index < -0.39 is 40.1 Å². The lowest BCUT2D eigenvalue weighted by Crippen LogP contribution is -2.17. The molecule has 2 unspecified atom stereocenters. The van der Waals surface area contributed by atoms with Gasteiger partial charge in [0.15, 0.2) is 0 Å². The number of nitrogens with one attached hydrogen (secondary N) is 1. The fraction of sp³-hybridized carbons (Fsp3) is 0.273. The van der Waals surface area contributed by atoms with Crippen LogP contribution in [0.25, 0.3) is 0 Å². The van der Waals surface area contributed by atoms with Crippen molar-refractivity contribution in [3.05, 3.63) is 34.1 Å². The normalized spacial score (nSPS) is 20.7. The van der Waals surface area contributed by atoms with Crippen molar-refractivity contribution in [1.29, 1.82) is 0 Å². The van der Waals surface area contributed by atoms with Gasteiger partial charge in [0, 0.05) is 6.07 Å². The summed E-state index contributed by atoms with van der Waals surface area (Å²) in [5, 5.41) is 21.5. The maximum atomic E-state index is 13.1. The maximum Gasteiger partial charge on any atom is 0.307 e. The van der Waals surface area contributed by atoms with Crippen LogP contribution in [0.1, 0.15) is 6.42 Å². The number of benzene rings is 1. The number of nitro benzene ring substituents is 1. The van der Waals surface area contributed by atoms with Crippen LogP contribution in [-0.4, -0.2) is 21.9 Å². The molecule has 0 heterocycles. The summed E-state index contributed by atoms with van der Waals surface area (Å²) in [4.78, 5) is 32.0. The molecule has 0 bridgehead atoms. The molecule has 8 heteroatoms. The number of amides is 1. The molecule has 19 heavy (non-hydrogen) atoms. The van der Waals surface area contributed by atoms with Gasteiger partial charge >= 0.3 is 5.97 Å². The number of rotatable bonds is 4. The van der Waals surface area contributed by atoms with Crippen molar-refractivity contribution in [2.45, 2.75) is 6.42 Å². The Bertz CT molecular complexity index is 574. The average Bonchev–Trinajstić information content (AvgIpc) is 3.07. The molecule has 1 aliphatic rings. The Morgan fingerprint density at radius 3 is 2.58 bits per heavy atom. The van der Waals surface area contributed by atoms with Crippen molar-refractivity contribution in [2.75, 3.05) is 5.32 Å². The van der Waals surface area contributed by atoms with Crippen molar-refractivity contribution in [3.63, 3.8) is 0 Å². The smallest absolute Gasteiger partial charge is 0.307 e. The topological polar surface area (TPSA) is 110 Å². The summed E-state index contributed by atoms with van der Waals surface area (Å²) in [7, 11) is 0. The van der Waals surface area contributed by atoms with Gasteiger partial charge in [0.25, 0.3) is 5.69 Å². The third-order valence-electron chi connectivity index (χ3n) is 2.81. The second kappa shape index (κ2) is 4.63. The second-order valence-corrected chi connectivity index (χ2v) is 4.23. The van der Waals surface area contributed by atoms with Crippen LogP contribution < -0.4 is 5.32 Å². The molecule has 0 radical (unpaired) electrons. The third kappa shape index (κ3) is 2.84. The zero-order valence-corrected chi connectivity index (χ0v) is 9.50. The highest BCUT2D eigenvalue weighted by Gasteiger charge is 2.48. The van der Waals surface area contributed by atoms with E-state index in [1.54, 1.807) is 0 Å². The quantitative estimate of drug-likeness (QED) is 0.633. The van der Waals surface area contributed by atoms with Gasteiger partial charge in [-0.1, -0.05) is 0 Å². The van der Waals surface area contributed by atoms with E-state index in [1.807, 2.05) is 0 Å². The van der Waals surface area contributed by atoms with E-state index in [1.165, 1.54) is 0 Å². The summed E-state index contributed by atoms with van der Waals surface area (Å²) >= 11 is 0. The highest BCUT2D eigenvalue weighted by Crippen LogP contribution is 2.39. The molecular formula is C11H9FN2O5. The van der Waals surface area contributed by atoms with Crippen LogP contribution in [0.5, 0.6) is 0 Å². The standard InChI is InChI=1S/C11H9FN2O5/c12-5-1-6(3-7(2-5)14(18)19)13-10(15)8-4-9(8)11(16)17/h1-3,8-9H,4H2,(H,13,15)(H,16,17). The maximum absolute atomic E-state index is 13.1. The summed E-state index contributed by atoms with van der Waals surface area (Å²) in [6.45, 7) is 0. The lowest BCUT2D eigenvalue weighted by molar-refractivity contribution is -0.385. The monoisotopic (exact) mass is 268 g/mol. The van der Waals surface area contributed by atoms with Crippen molar-refractivity contribution >= 4 is 23.3 Å². The Hall–Kier alpha value is -2.51. The first kappa shape index (κ1) is 12.9. The van der Waals surface area contributed by atoms with Gasteiger partial charge in [-0.25, -0.2) is 4.39 Å². The molecular weight excluding hydrogens is 259 g/mol. The van der Waals surface area contributed by atoms with E-state index in [2.05, 4.69) is 5.32 Å². The summed E-state index contributed by atoms with van der Waals surface area (Å²) < 4.78 is 13.1. The largest absolute Gasteiger partial charge is 0.481 e. The van der Waals surface area contributed by atoms with Crippen LogP contribution >= 0.6 is 0 Å². The highest BCUT2D eigenvalue weighted by atomic mass is 19.1. The Kier molecular flexibility index (Phi) is 3.16. The van der Waals surface area contributed by atoms with Crippen LogP contribution in [0, 0.1) is 27.8 Å². The molecule has 1 amide bonds. The molecule has 1 aromatic carbocycles. The number of hydrogen-bond acceptors (Lipinski definition) is 4. The van der Waals surface area contributed by atoms with E-state index in [4.69, 9.17) is 5.11 Å². The minimum Gasteiger partial charge on any atom is -0.481 e. The van der Waals surface area contributed by atoms with Crippen molar-refractivity contribution in [3.8, 4) is 0 Å². The molecule has 2 atom stereocenters. The molecule has 0 spiro atoms. The molecule has 1 aromatic rings. The predicted octanol–water partition coefficient (Wildman–Crippen LogP) is 1.39. The molecule has 100 valence electrons. The Balaban J connectivity index is 2.09. The van der Waals surface area contributed by atoms with E-state index >= 15 is 0 Å². The average molecular weight is 268 g/mol. The predicted molar refractivity (Wildman–Crippen MR) is 60.9 cm³/mol. The van der Waals surface area contributed by atoms with Gasteiger partial charge in [-0.05, 0) is 12.5 Å². The highest BCUT2D eigenvalue weighted by molar-refractivity contribution is 5.98. The second-order valence-electron chi connectivity index (χ2n) is 4.23. The van der Waals surface area contributed by atoms with Gasteiger partial charge in [-0.15, -0.1) is 0 Å². The minimum absolute atomic E-state index is 0.0623. The number of hydrogen-bond donors (Lipinski definition) is 2. The summed E-state index contributed by atoms with van der Waals surface area (Å²) in [6, 6.07) is 2.68. The zero-order valence-electron chi connectivity index (χ0n) is 9.50. The van der Waals surface area contributed by atoms with Crippen molar-refractivity contribution in [1.82, 2.24) is 0 Å². The molecule has 0 saturated heterocycles. The van der Waals surface area contributed by atoms with Gasteiger partial charge in [-0.2, -0.15) is 0 Å². The van der Waals surface area contributed by atoms with E-state index in [0.717, 1.165) is 18.2 Å². The molecule has 0 aromatic heterocycles. The van der Waals surface area contributed by atoms with Gasteiger partial charge in [-0.3, -0.25) is 19.7 Å². The first-order chi connectivity index (χ1) is 8.88. The number of carbonyl (C=O) groups is 2. The lowest BCUT2D eigenvalue weighted by atomic mass is 10.2. The van der Waals surface area contributed by atoms with Crippen LogP contribution in [0.3, 0.4) is 0 Å². The van der Waals surface area contributed by atoms with Crippen LogP contribution in [-0.2, 0) is 9.59 Å². The van der Waals surface area contributed by atoms with Gasteiger partial charge in [0.2, 0.25) is 5.91 Å². The number of anilines is 1. The number of halogens is 1. The van der Waals surface area contributed by atoms with Gasteiger partial charge in [0.1, 0.15) is 5.82 Å². The van der Waals surface area contributed by atoms with Crippen molar-refractivity contribution < 1.29 is 24.0 Å². The first-order valence-corrected chi connectivity index (χ1v) is 5.37. The molecule has 7 nitrogen and oxygen atoms in total. The van der Waals surface area contributed by atoms with Crippen LogP contribution in [0.15, 0.2) is 18.2 Å². The third-order valence-corrected chi connectivity index (χ3v) is 2.81. The van der Waals surface area contributed by atoms with Gasteiger partial charge < -0.3 is 10.4 Å². The molecule has 2 N–H and O–H groups in total. The fourth-order valence-electron chi connectivity index (χ4n) is 1.74.